The highest BCUT2D eigenvalue weighted by molar-refractivity contribution is 5.25. The van der Waals surface area contributed by atoms with Crippen LogP contribution in [0, 0.1) is 24.4 Å². The Bertz CT molecular complexity index is 696. The Labute approximate surface area is 127 Å². The zero-order valence-electron chi connectivity index (χ0n) is 12.6. The Morgan fingerprint density at radius 1 is 1.23 bits per heavy atom. The summed E-state index contributed by atoms with van der Waals surface area (Å²) in [5.41, 5.74) is 2.16. The number of rotatable bonds is 3. The molecular weight excluding hydrogens is 291 g/mol. The maximum atomic E-state index is 13.9. The highest BCUT2D eigenvalue weighted by Crippen LogP contribution is 2.31. The molecule has 1 unspecified atom stereocenters. The van der Waals surface area contributed by atoms with E-state index in [1.54, 1.807) is 0 Å². The molecule has 1 aromatic heterocycles. The van der Waals surface area contributed by atoms with Crippen LogP contribution in [-0.4, -0.2) is 27.8 Å². The van der Waals surface area contributed by atoms with Crippen LogP contribution in [0.15, 0.2) is 18.2 Å². The Morgan fingerprint density at radius 3 is 2.68 bits per heavy atom. The fourth-order valence-electron chi connectivity index (χ4n) is 3.14. The van der Waals surface area contributed by atoms with Crippen LogP contribution in [0.2, 0.25) is 0 Å². The van der Waals surface area contributed by atoms with Gasteiger partial charge in [-0.25, -0.2) is 13.2 Å². The normalized spacial score (nSPS) is 19.0. The largest absolute Gasteiger partial charge is 0.297 e. The molecule has 1 atom stereocenters. The van der Waals surface area contributed by atoms with Crippen molar-refractivity contribution in [3.05, 3.63) is 52.6 Å². The van der Waals surface area contributed by atoms with Crippen LogP contribution in [0.5, 0.6) is 0 Å². The van der Waals surface area contributed by atoms with E-state index in [1.165, 1.54) is 0 Å². The highest BCUT2D eigenvalue weighted by atomic mass is 19.2. The first-order valence-electron chi connectivity index (χ1n) is 7.30. The maximum absolute atomic E-state index is 13.9. The average Bonchev–Trinajstić information content (AvgIpc) is 3.02. The molecule has 3 nitrogen and oxygen atoms in total. The minimum absolute atomic E-state index is 0.140. The fraction of sp³-hybridized carbons (Fsp3) is 0.438. The third kappa shape index (κ3) is 2.88. The molecule has 0 aliphatic carbocycles. The lowest BCUT2D eigenvalue weighted by molar-refractivity contribution is 0.316. The van der Waals surface area contributed by atoms with E-state index in [4.69, 9.17) is 0 Å². The first-order chi connectivity index (χ1) is 10.4. The van der Waals surface area contributed by atoms with E-state index in [0.717, 1.165) is 24.0 Å². The van der Waals surface area contributed by atoms with E-state index in [0.29, 0.717) is 25.6 Å². The smallest absolute Gasteiger partial charge is 0.162 e. The first-order valence-corrected chi connectivity index (χ1v) is 7.30. The van der Waals surface area contributed by atoms with Gasteiger partial charge in [-0.1, -0.05) is 0 Å². The van der Waals surface area contributed by atoms with Gasteiger partial charge in [-0.05, 0) is 37.6 Å². The molecule has 1 fully saturated rings. The molecule has 0 spiro atoms. The maximum Gasteiger partial charge on any atom is 0.162 e. The van der Waals surface area contributed by atoms with E-state index in [1.807, 2.05) is 24.7 Å². The van der Waals surface area contributed by atoms with Crippen LogP contribution >= 0.6 is 0 Å². The molecule has 1 aromatic carbocycles. The quantitative estimate of drug-likeness (QED) is 0.812. The lowest BCUT2D eigenvalue weighted by atomic mass is 9.97. The van der Waals surface area contributed by atoms with Crippen molar-refractivity contribution < 1.29 is 13.2 Å². The third-order valence-electron chi connectivity index (χ3n) is 4.22. The summed E-state index contributed by atoms with van der Waals surface area (Å²) >= 11 is 0. The minimum Gasteiger partial charge on any atom is -0.297 e. The lowest BCUT2D eigenvalue weighted by Crippen LogP contribution is -2.21. The predicted molar refractivity (Wildman–Crippen MR) is 76.9 cm³/mol. The van der Waals surface area contributed by atoms with Gasteiger partial charge in [-0.2, -0.15) is 5.10 Å². The van der Waals surface area contributed by atoms with Gasteiger partial charge >= 0.3 is 0 Å². The summed E-state index contributed by atoms with van der Waals surface area (Å²) in [5.74, 6) is -2.95. The number of halogens is 3. The van der Waals surface area contributed by atoms with Crippen molar-refractivity contribution in [2.45, 2.75) is 25.8 Å². The standard InChI is InChI=1S/C16H18F3N3/c1-10-5-13(21(2)20-10)9-22-4-3-11(8-22)14-6-12(17)7-15(18)16(14)19/h5-7,11H,3-4,8-9H2,1-2H3. The van der Waals surface area contributed by atoms with Crippen molar-refractivity contribution in [1.29, 1.82) is 0 Å². The number of hydrogen-bond donors (Lipinski definition) is 0. The molecule has 0 bridgehead atoms. The molecule has 0 saturated carbocycles. The van der Waals surface area contributed by atoms with Crippen molar-refractivity contribution in [2.75, 3.05) is 13.1 Å². The van der Waals surface area contributed by atoms with Crippen LogP contribution < -0.4 is 0 Å². The molecule has 1 saturated heterocycles. The summed E-state index contributed by atoms with van der Waals surface area (Å²) < 4.78 is 42.4. The predicted octanol–water partition coefficient (Wildman–Crippen LogP) is 3.14. The van der Waals surface area contributed by atoms with E-state index >= 15 is 0 Å². The van der Waals surface area contributed by atoms with E-state index in [9.17, 15) is 13.2 Å². The molecule has 22 heavy (non-hydrogen) atoms. The van der Waals surface area contributed by atoms with Crippen LogP contribution in [0.4, 0.5) is 13.2 Å². The first kappa shape index (κ1) is 15.1. The second-order valence-electron chi connectivity index (χ2n) is 5.91. The molecule has 2 heterocycles. The van der Waals surface area contributed by atoms with Crippen molar-refractivity contribution in [1.82, 2.24) is 14.7 Å². The number of aryl methyl sites for hydroxylation is 2. The van der Waals surface area contributed by atoms with Gasteiger partial charge in [0.15, 0.2) is 11.6 Å². The topological polar surface area (TPSA) is 21.1 Å². The van der Waals surface area contributed by atoms with E-state index in [-0.39, 0.29) is 11.5 Å². The van der Waals surface area contributed by atoms with Crippen molar-refractivity contribution in [3.63, 3.8) is 0 Å². The van der Waals surface area contributed by atoms with Crippen molar-refractivity contribution in [2.24, 2.45) is 7.05 Å². The van der Waals surface area contributed by atoms with Crippen LogP contribution in [0.25, 0.3) is 0 Å². The van der Waals surface area contributed by atoms with Gasteiger partial charge in [-0.15, -0.1) is 0 Å². The lowest BCUT2D eigenvalue weighted by Gasteiger charge is -2.16. The van der Waals surface area contributed by atoms with Gasteiger partial charge in [0.25, 0.3) is 0 Å². The number of nitrogens with zero attached hydrogens (tertiary/aromatic N) is 3. The summed E-state index contributed by atoms with van der Waals surface area (Å²) in [6.07, 6.45) is 0.691. The van der Waals surface area contributed by atoms with Crippen LogP contribution in [0.1, 0.15) is 29.3 Å². The Balaban J connectivity index is 1.74. The third-order valence-corrected chi connectivity index (χ3v) is 4.22. The summed E-state index contributed by atoms with van der Waals surface area (Å²) in [5, 5.41) is 4.30. The second-order valence-corrected chi connectivity index (χ2v) is 5.91. The van der Waals surface area contributed by atoms with Crippen molar-refractivity contribution in [3.8, 4) is 0 Å². The minimum atomic E-state index is -1.12. The van der Waals surface area contributed by atoms with Gasteiger partial charge in [0, 0.05) is 32.1 Å². The van der Waals surface area contributed by atoms with Crippen LogP contribution in [-0.2, 0) is 13.6 Å². The molecule has 3 rings (SSSR count). The monoisotopic (exact) mass is 309 g/mol. The number of likely N-dealkylation sites (tertiary alicyclic amines) is 1. The molecule has 1 aliphatic heterocycles. The highest BCUT2D eigenvalue weighted by Gasteiger charge is 2.28. The Kier molecular flexibility index (Phi) is 3.95. The van der Waals surface area contributed by atoms with E-state index in [2.05, 4.69) is 10.00 Å². The number of benzene rings is 1. The Hall–Kier alpha value is -1.82. The molecule has 2 aromatic rings. The molecule has 6 heteroatoms. The molecule has 1 aliphatic rings. The van der Waals surface area contributed by atoms with Crippen molar-refractivity contribution >= 4 is 0 Å². The van der Waals surface area contributed by atoms with Gasteiger partial charge in [-0.3, -0.25) is 9.58 Å². The average molecular weight is 309 g/mol. The van der Waals surface area contributed by atoms with Gasteiger partial charge < -0.3 is 0 Å². The zero-order valence-corrected chi connectivity index (χ0v) is 12.6. The summed E-state index contributed by atoms with van der Waals surface area (Å²) in [6, 6.07) is 3.71. The van der Waals surface area contributed by atoms with Gasteiger partial charge in [0.2, 0.25) is 0 Å². The SMILES string of the molecule is Cc1cc(CN2CCC(c3cc(F)cc(F)c3F)C2)n(C)n1. The number of hydrogen-bond acceptors (Lipinski definition) is 2. The molecular formula is C16H18F3N3. The molecule has 0 radical (unpaired) electrons. The number of aromatic nitrogens is 2. The zero-order chi connectivity index (χ0) is 15.9. The van der Waals surface area contributed by atoms with Gasteiger partial charge in [0.1, 0.15) is 5.82 Å². The summed E-state index contributed by atoms with van der Waals surface area (Å²) in [7, 11) is 1.89. The molecule has 0 N–H and O–H groups in total. The molecule has 0 amide bonds. The second kappa shape index (κ2) is 5.76. The summed E-state index contributed by atoms with van der Waals surface area (Å²) in [6.45, 7) is 3.99. The van der Waals surface area contributed by atoms with Gasteiger partial charge in [0.05, 0.1) is 11.4 Å². The summed E-state index contributed by atoms with van der Waals surface area (Å²) in [4.78, 5) is 2.16. The molecule has 118 valence electrons. The fourth-order valence-corrected chi connectivity index (χ4v) is 3.14. The van der Waals surface area contributed by atoms with Crippen LogP contribution in [0.3, 0.4) is 0 Å². The van der Waals surface area contributed by atoms with E-state index < -0.39 is 17.5 Å². The Morgan fingerprint density at radius 2 is 2.00 bits per heavy atom.